The van der Waals surface area contributed by atoms with Crippen LogP contribution in [0.2, 0.25) is 0 Å². The Morgan fingerprint density at radius 3 is 1.88 bits per heavy atom. The summed E-state index contributed by atoms with van der Waals surface area (Å²) in [6.45, 7) is 0. The van der Waals surface area contributed by atoms with Crippen LogP contribution in [-0.2, 0) is 0 Å². The van der Waals surface area contributed by atoms with Gasteiger partial charge < -0.3 is 5.32 Å². The molecule has 0 atom stereocenters. The highest BCUT2D eigenvalue weighted by Crippen LogP contribution is 2.20. The molecule has 0 aliphatic heterocycles. The van der Waals surface area contributed by atoms with Gasteiger partial charge in [0, 0.05) is 23.0 Å². The number of anilines is 1. The summed E-state index contributed by atoms with van der Waals surface area (Å²) in [5.74, 6) is -0.371. The van der Waals surface area contributed by atoms with Crippen LogP contribution in [0.3, 0.4) is 0 Å². The second-order valence-electron chi connectivity index (χ2n) is 5.27. The summed E-state index contributed by atoms with van der Waals surface area (Å²) < 4.78 is 13.0. The van der Waals surface area contributed by atoms with E-state index in [9.17, 15) is 9.18 Å². The van der Waals surface area contributed by atoms with Crippen molar-refractivity contribution in [3.05, 3.63) is 108 Å². The van der Waals surface area contributed by atoms with Crippen LogP contribution in [0.4, 0.5) is 10.1 Å². The van der Waals surface area contributed by atoms with Gasteiger partial charge in [-0.15, -0.1) is 0 Å². The van der Waals surface area contributed by atoms with Crippen LogP contribution < -0.4 is 5.32 Å². The number of nitrogens with one attached hydrogen (secondary N) is 1. The number of benzene rings is 3. The van der Waals surface area contributed by atoms with Gasteiger partial charge in [-0.1, -0.05) is 60.7 Å². The maximum atomic E-state index is 13.0. The maximum Gasteiger partial charge on any atom is 0.195 e. The summed E-state index contributed by atoms with van der Waals surface area (Å²) >= 11 is 0. The Morgan fingerprint density at radius 2 is 1.29 bits per heavy atom. The van der Waals surface area contributed by atoms with E-state index in [1.807, 2.05) is 48.5 Å². The van der Waals surface area contributed by atoms with E-state index >= 15 is 0 Å². The fraction of sp³-hybridized carbons (Fsp3) is 0. The Bertz CT molecular complexity index is 840. The Balaban J connectivity index is 1.94. The van der Waals surface area contributed by atoms with Gasteiger partial charge in [-0.05, 0) is 29.8 Å². The van der Waals surface area contributed by atoms with Crippen LogP contribution in [0.5, 0.6) is 0 Å². The predicted molar refractivity (Wildman–Crippen MR) is 95.2 cm³/mol. The van der Waals surface area contributed by atoms with Crippen molar-refractivity contribution < 1.29 is 9.18 Å². The minimum absolute atomic E-state index is 0.0728. The molecular weight excluding hydrogens is 301 g/mol. The number of halogens is 1. The van der Waals surface area contributed by atoms with E-state index in [4.69, 9.17) is 0 Å². The highest BCUT2D eigenvalue weighted by molar-refractivity contribution is 6.29. The molecule has 2 nitrogen and oxygen atoms in total. The topological polar surface area (TPSA) is 29.1 Å². The van der Waals surface area contributed by atoms with Crippen molar-refractivity contribution in [1.29, 1.82) is 0 Å². The molecule has 0 saturated carbocycles. The third-order valence-electron chi connectivity index (χ3n) is 3.59. The lowest BCUT2D eigenvalue weighted by Gasteiger charge is -2.09. The normalized spacial score (nSPS) is 11.1. The van der Waals surface area contributed by atoms with Crippen LogP contribution in [0.1, 0.15) is 15.9 Å². The SMILES string of the molecule is O=C(C(=CNc1ccc(F)cc1)c1ccccc1)c1ccccc1. The van der Waals surface area contributed by atoms with Gasteiger partial charge in [0.15, 0.2) is 5.78 Å². The third-order valence-corrected chi connectivity index (χ3v) is 3.59. The Labute approximate surface area is 140 Å². The van der Waals surface area contributed by atoms with Crippen LogP contribution in [0.25, 0.3) is 5.57 Å². The summed E-state index contributed by atoms with van der Waals surface area (Å²) in [5.41, 5.74) is 2.70. The quantitative estimate of drug-likeness (QED) is 0.520. The molecule has 3 aromatic rings. The summed E-state index contributed by atoms with van der Waals surface area (Å²) in [6, 6.07) is 24.6. The molecule has 3 heteroatoms. The lowest BCUT2D eigenvalue weighted by molar-refractivity contribution is 0.105. The highest BCUT2D eigenvalue weighted by atomic mass is 19.1. The smallest absolute Gasteiger partial charge is 0.195 e. The van der Waals surface area contributed by atoms with E-state index in [0.29, 0.717) is 16.8 Å². The number of carbonyl (C=O) groups excluding carboxylic acids is 1. The van der Waals surface area contributed by atoms with Gasteiger partial charge in [0.2, 0.25) is 0 Å². The van der Waals surface area contributed by atoms with Crippen LogP contribution in [-0.4, -0.2) is 5.78 Å². The number of Topliss-reactive ketones (excluding diaryl/α,β-unsaturated/α-hetero) is 1. The molecule has 1 N–H and O–H groups in total. The first-order chi connectivity index (χ1) is 11.7. The molecule has 0 unspecified atom stereocenters. The van der Waals surface area contributed by atoms with Crippen molar-refractivity contribution in [2.75, 3.05) is 5.32 Å². The van der Waals surface area contributed by atoms with E-state index in [1.54, 1.807) is 30.5 Å². The fourth-order valence-electron chi connectivity index (χ4n) is 2.34. The molecule has 3 rings (SSSR count). The van der Waals surface area contributed by atoms with Crippen molar-refractivity contribution in [3.63, 3.8) is 0 Å². The van der Waals surface area contributed by atoms with Crippen molar-refractivity contribution >= 4 is 17.0 Å². The molecule has 3 aromatic carbocycles. The maximum absolute atomic E-state index is 13.0. The van der Waals surface area contributed by atoms with E-state index in [-0.39, 0.29) is 11.6 Å². The van der Waals surface area contributed by atoms with E-state index in [0.717, 1.165) is 5.56 Å². The Hall–Kier alpha value is -3.20. The molecule has 0 spiro atoms. The van der Waals surface area contributed by atoms with Gasteiger partial charge in [-0.2, -0.15) is 0 Å². The highest BCUT2D eigenvalue weighted by Gasteiger charge is 2.13. The molecular formula is C21H16FNO. The van der Waals surface area contributed by atoms with Gasteiger partial charge in [-0.3, -0.25) is 4.79 Å². The zero-order valence-electron chi connectivity index (χ0n) is 12.9. The second kappa shape index (κ2) is 7.38. The van der Waals surface area contributed by atoms with E-state index in [1.165, 1.54) is 12.1 Å². The standard InChI is InChI=1S/C21H16FNO/c22-18-11-13-19(14-12-18)23-15-20(16-7-3-1-4-8-16)21(24)17-9-5-2-6-10-17/h1-15,23H. The number of carbonyl (C=O) groups is 1. The third kappa shape index (κ3) is 3.76. The second-order valence-corrected chi connectivity index (χ2v) is 5.27. The van der Waals surface area contributed by atoms with Crippen LogP contribution >= 0.6 is 0 Å². The number of hydrogen-bond donors (Lipinski definition) is 1. The first-order valence-corrected chi connectivity index (χ1v) is 7.61. The lowest BCUT2D eigenvalue weighted by Crippen LogP contribution is -2.05. The molecule has 0 radical (unpaired) electrons. The fourth-order valence-corrected chi connectivity index (χ4v) is 2.34. The van der Waals surface area contributed by atoms with Crippen molar-refractivity contribution in [1.82, 2.24) is 0 Å². The Kier molecular flexibility index (Phi) is 4.82. The van der Waals surface area contributed by atoms with Crippen molar-refractivity contribution in [2.24, 2.45) is 0 Å². The first kappa shape index (κ1) is 15.7. The summed E-state index contributed by atoms with van der Waals surface area (Å²) in [5, 5.41) is 3.07. The van der Waals surface area contributed by atoms with E-state index < -0.39 is 0 Å². The monoisotopic (exact) mass is 317 g/mol. The molecule has 0 fully saturated rings. The Morgan fingerprint density at radius 1 is 0.750 bits per heavy atom. The van der Waals surface area contributed by atoms with Crippen molar-refractivity contribution in [3.8, 4) is 0 Å². The lowest BCUT2D eigenvalue weighted by atomic mass is 9.97. The average molecular weight is 317 g/mol. The van der Waals surface area contributed by atoms with Gasteiger partial charge in [0.25, 0.3) is 0 Å². The summed E-state index contributed by atoms with van der Waals surface area (Å²) in [7, 11) is 0. The number of hydrogen-bond acceptors (Lipinski definition) is 2. The number of ketones is 1. The average Bonchev–Trinajstić information content (AvgIpc) is 2.65. The minimum Gasteiger partial charge on any atom is -0.361 e. The minimum atomic E-state index is -0.298. The molecule has 0 aliphatic rings. The number of allylic oxidation sites excluding steroid dienone is 1. The van der Waals surface area contributed by atoms with Gasteiger partial charge >= 0.3 is 0 Å². The largest absolute Gasteiger partial charge is 0.361 e. The van der Waals surface area contributed by atoms with Crippen molar-refractivity contribution in [2.45, 2.75) is 0 Å². The van der Waals surface area contributed by atoms with Gasteiger partial charge in [0.05, 0.1) is 0 Å². The molecule has 0 aromatic heterocycles. The van der Waals surface area contributed by atoms with Gasteiger partial charge in [-0.25, -0.2) is 4.39 Å². The van der Waals surface area contributed by atoms with Crippen LogP contribution in [0, 0.1) is 5.82 Å². The first-order valence-electron chi connectivity index (χ1n) is 7.61. The summed E-state index contributed by atoms with van der Waals surface area (Å²) in [4.78, 5) is 12.9. The number of rotatable bonds is 5. The van der Waals surface area contributed by atoms with E-state index in [2.05, 4.69) is 5.32 Å². The predicted octanol–water partition coefficient (Wildman–Crippen LogP) is 5.16. The summed E-state index contributed by atoms with van der Waals surface area (Å²) in [6.07, 6.45) is 1.66. The van der Waals surface area contributed by atoms with Crippen LogP contribution in [0.15, 0.2) is 91.1 Å². The molecule has 24 heavy (non-hydrogen) atoms. The molecule has 0 amide bonds. The molecule has 118 valence electrons. The van der Waals surface area contributed by atoms with Gasteiger partial charge in [0.1, 0.15) is 5.82 Å². The molecule has 0 bridgehead atoms. The zero-order chi connectivity index (χ0) is 16.8. The molecule has 0 saturated heterocycles. The zero-order valence-corrected chi connectivity index (χ0v) is 12.9. The molecule has 0 aliphatic carbocycles. The molecule has 0 heterocycles.